The second kappa shape index (κ2) is 5.87. The molecular formula is C14H19N3O2S. The van der Waals surface area contributed by atoms with Gasteiger partial charge in [-0.1, -0.05) is 26.0 Å². The van der Waals surface area contributed by atoms with Crippen molar-refractivity contribution < 1.29 is 8.42 Å². The first kappa shape index (κ1) is 14.9. The van der Waals surface area contributed by atoms with E-state index in [2.05, 4.69) is 9.71 Å². The molecule has 1 heterocycles. The first-order valence-electron chi connectivity index (χ1n) is 6.50. The van der Waals surface area contributed by atoms with Crippen LogP contribution in [0, 0.1) is 5.92 Å². The molecule has 0 aliphatic heterocycles. The summed E-state index contributed by atoms with van der Waals surface area (Å²) in [5.41, 5.74) is 5.88. The van der Waals surface area contributed by atoms with Crippen molar-refractivity contribution in [1.82, 2.24) is 9.71 Å². The number of aromatic nitrogens is 1. The summed E-state index contributed by atoms with van der Waals surface area (Å²) >= 11 is 0. The SMILES string of the molecule is CC(C)C(N)CNS(=O)(=O)c1cccc2cnccc12. The fraction of sp³-hybridized carbons (Fsp3) is 0.357. The zero-order valence-electron chi connectivity index (χ0n) is 11.6. The summed E-state index contributed by atoms with van der Waals surface area (Å²) in [5, 5.41) is 1.46. The molecule has 20 heavy (non-hydrogen) atoms. The minimum atomic E-state index is -3.57. The van der Waals surface area contributed by atoms with E-state index in [0.29, 0.717) is 5.39 Å². The van der Waals surface area contributed by atoms with E-state index in [1.165, 1.54) is 0 Å². The van der Waals surface area contributed by atoms with Gasteiger partial charge >= 0.3 is 0 Å². The number of benzene rings is 1. The summed E-state index contributed by atoms with van der Waals surface area (Å²) in [7, 11) is -3.57. The summed E-state index contributed by atoms with van der Waals surface area (Å²) in [6.45, 7) is 4.15. The van der Waals surface area contributed by atoms with Gasteiger partial charge in [0.05, 0.1) is 4.90 Å². The number of sulfonamides is 1. The molecule has 0 fully saturated rings. The molecule has 1 aromatic carbocycles. The van der Waals surface area contributed by atoms with Gasteiger partial charge in [-0.25, -0.2) is 13.1 Å². The molecule has 2 aromatic rings. The molecule has 3 N–H and O–H groups in total. The van der Waals surface area contributed by atoms with Crippen LogP contribution >= 0.6 is 0 Å². The lowest BCUT2D eigenvalue weighted by Crippen LogP contribution is -2.40. The van der Waals surface area contributed by atoms with Crippen LogP contribution < -0.4 is 10.5 Å². The van der Waals surface area contributed by atoms with E-state index in [4.69, 9.17) is 5.73 Å². The lowest BCUT2D eigenvalue weighted by molar-refractivity contribution is 0.481. The van der Waals surface area contributed by atoms with Crippen molar-refractivity contribution in [2.75, 3.05) is 6.54 Å². The van der Waals surface area contributed by atoms with Gasteiger partial charge < -0.3 is 5.73 Å². The molecule has 0 aliphatic rings. The van der Waals surface area contributed by atoms with Crippen molar-refractivity contribution in [3.8, 4) is 0 Å². The normalized spacial score (nSPS) is 13.8. The van der Waals surface area contributed by atoms with Crippen LogP contribution in [0.15, 0.2) is 41.6 Å². The Morgan fingerprint density at radius 1 is 1.30 bits per heavy atom. The van der Waals surface area contributed by atoms with Gasteiger partial charge in [-0.3, -0.25) is 4.98 Å². The first-order chi connectivity index (χ1) is 9.42. The van der Waals surface area contributed by atoms with Crippen molar-refractivity contribution in [3.05, 3.63) is 36.7 Å². The highest BCUT2D eigenvalue weighted by Crippen LogP contribution is 2.21. The Kier molecular flexibility index (Phi) is 4.37. The van der Waals surface area contributed by atoms with Gasteiger partial charge in [0.2, 0.25) is 10.0 Å². The quantitative estimate of drug-likeness (QED) is 0.874. The number of hydrogen-bond acceptors (Lipinski definition) is 4. The Labute approximate surface area is 119 Å². The van der Waals surface area contributed by atoms with Gasteiger partial charge in [-0.15, -0.1) is 0 Å². The molecule has 5 nitrogen and oxygen atoms in total. The third-order valence-corrected chi connectivity index (χ3v) is 4.78. The zero-order valence-corrected chi connectivity index (χ0v) is 12.4. The summed E-state index contributed by atoms with van der Waals surface area (Å²) in [4.78, 5) is 4.26. The van der Waals surface area contributed by atoms with E-state index in [9.17, 15) is 8.42 Å². The molecule has 0 spiro atoms. The number of nitrogens with zero attached hydrogens (tertiary/aromatic N) is 1. The third-order valence-electron chi connectivity index (χ3n) is 3.30. The number of hydrogen-bond donors (Lipinski definition) is 2. The Balaban J connectivity index is 2.33. The predicted octanol–water partition coefficient (Wildman–Crippen LogP) is 1.50. The molecule has 108 valence electrons. The maximum atomic E-state index is 12.4. The summed E-state index contributed by atoms with van der Waals surface area (Å²) in [6, 6.07) is 6.63. The largest absolute Gasteiger partial charge is 0.326 e. The molecule has 1 aromatic heterocycles. The highest BCUT2D eigenvalue weighted by molar-refractivity contribution is 7.89. The van der Waals surface area contributed by atoms with Gasteiger partial charge in [-0.2, -0.15) is 0 Å². The number of pyridine rings is 1. The van der Waals surface area contributed by atoms with Gasteiger partial charge in [0.1, 0.15) is 0 Å². The molecule has 6 heteroatoms. The van der Waals surface area contributed by atoms with E-state index in [1.807, 2.05) is 19.9 Å². The van der Waals surface area contributed by atoms with Gasteiger partial charge in [0, 0.05) is 35.8 Å². The van der Waals surface area contributed by atoms with Crippen LogP contribution in [-0.4, -0.2) is 26.0 Å². The predicted molar refractivity (Wildman–Crippen MR) is 79.7 cm³/mol. The highest BCUT2D eigenvalue weighted by atomic mass is 32.2. The minimum absolute atomic E-state index is 0.207. The standard InChI is InChI=1S/C14H19N3O2S/c1-10(2)13(15)9-17-20(18,19)14-5-3-4-11-8-16-7-6-12(11)14/h3-8,10,13,17H,9,15H2,1-2H3. The van der Waals surface area contributed by atoms with Crippen molar-refractivity contribution in [2.45, 2.75) is 24.8 Å². The maximum absolute atomic E-state index is 12.4. The van der Waals surface area contributed by atoms with Crippen LogP contribution in [0.3, 0.4) is 0 Å². The van der Waals surface area contributed by atoms with Gasteiger partial charge in [-0.05, 0) is 18.1 Å². The van der Waals surface area contributed by atoms with E-state index in [0.717, 1.165) is 5.39 Å². The first-order valence-corrected chi connectivity index (χ1v) is 7.98. The average Bonchev–Trinajstić information content (AvgIpc) is 2.44. The molecule has 1 unspecified atom stereocenters. The molecule has 0 saturated heterocycles. The van der Waals surface area contributed by atoms with Crippen LogP contribution in [0.2, 0.25) is 0 Å². The van der Waals surface area contributed by atoms with Crippen molar-refractivity contribution in [2.24, 2.45) is 11.7 Å². The van der Waals surface area contributed by atoms with Crippen LogP contribution in [0.4, 0.5) is 0 Å². The minimum Gasteiger partial charge on any atom is -0.326 e. The lowest BCUT2D eigenvalue weighted by atomic mass is 10.1. The molecule has 0 radical (unpaired) electrons. The summed E-state index contributed by atoms with van der Waals surface area (Å²) in [5.74, 6) is 0.217. The van der Waals surface area contributed by atoms with Crippen molar-refractivity contribution in [3.63, 3.8) is 0 Å². The maximum Gasteiger partial charge on any atom is 0.241 e. The smallest absolute Gasteiger partial charge is 0.241 e. The topological polar surface area (TPSA) is 85.1 Å². The summed E-state index contributed by atoms with van der Waals surface area (Å²) < 4.78 is 27.3. The molecule has 0 saturated carbocycles. The van der Waals surface area contributed by atoms with E-state index in [-0.39, 0.29) is 23.4 Å². The van der Waals surface area contributed by atoms with Crippen LogP contribution in [-0.2, 0) is 10.0 Å². The highest BCUT2D eigenvalue weighted by Gasteiger charge is 2.18. The second-order valence-electron chi connectivity index (χ2n) is 5.11. The number of nitrogens with two attached hydrogens (primary N) is 1. The van der Waals surface area contributed by atoms with Gasteiger partial charge in [0.15, 0.2) is 0 Å². The molecular weight excluding hydrogens is 274 g/mol. The lowest BCUT2D eigenvalue weighted by Gasteiger charge is -2.16. The second-order valence-corrected chi connectivity index (χ2v) is 6.85. The number of nitrogens with one attached hydrogen (secondary N) is 1. The van der Waals surface area contributed by atoms with Crippen LogP contribution in [0.25, 0.3) is 10.8 Å². The Morgan fingerprint density at radius 3 is 2.75 bits per heavy atom. The molecule has 2 rings (SSSR count). The van der Waals surface area contributed by atoms with Crippen molar-refractivity contribution in [1.29, 1.82) is 0 Å². The molecule has 0 bridgehead atoms. The summed E-state index contributed by atoms with van der Waals surface area (Å²) in [6.07, 6.45) is 3.23. The fourth-order valence-electron chi connectivity index (χ4n) is 1.85. The number of fused-ring (bicyclic) bond motifs is 1. The Morgan fingerprint density at radius 2 is 2.05 bits per heavy atom. The Bertz CT molecular complexity index is 693. The van der Waals surface area contributed by atoms with E-state index < -0.39 is 10.0 Å². The monoisotopic (exact) mass is 293 g/mol. The Hall–Kier alpha value is -1.50. The average molecular weight is 293 g/mol. The van der Waals surface area contributed by atoms with Gasteiger partial charge in [0.25, 0.3) is 0 Å². The molecule has 0 amide bonds. The molecule has 0 aliphatic carbocycles. The third kappa shape index (κ3) is 3.15. The van der Waals surface area contributed by atoms with E-state index >= 15 is 0 Å². The zero-order chi connectivity index (χ0) is 14.8. The molecule has 1 atom stereocenters. The fourth-order valence-corrected chi connectivity index (χ4v) is 3.15. The number of rotatable bonds is 5. The van der Waals surface area contributed by atoms with Crippen molar-refractivity contribution >= 4 is 20.8 Å². The van der Waals surface area contributed by atoms with E-state index in [1.54, 1.807) is 30.6 Å². The van der Waals surface area contributed by atoms with Crippen LogP contribution in [0.1, 0.15) is 13.8 Å². The van der Waals surface area contributed by atoms with Crippen LogP contribution in [0.5, 0.6) is 0 Å².